The van der Waals surface area contributed by atoms with E-state index in [0.29, 0.717) is 18.9 Å². The van der Waals surface area contributed by atoms with E-state index in [4.69, 9.17) is 10.7 Å². The van der Waals surface area contributed by atoms with Gasteiger partial charge in [0.05, 0.1) is 6.54 Å². The molecule has 1 saturated carbocycles. The van der Waals surface area contributed by atoms with E-state index in [1.54, 1.807) is 12.1 Å². The molecule has 0 aromatic heterocycles. The van der Waals surface area contributed by atoms with Gasteiger partial charge in [0.25, 0.3) is 0 Å². The molecule has 1 aliphatic carbocycles. The van der Waals surface area contributed by atoms with E-state index in [0.717, 1.165) is 51.3 Å². The second-order valence-electron chi connectivity index (χ2n) is 7.94. The fourth-order valence-electron chi connectivity index (χ4n) is 4.31. The molecule has 6 heteroatoms. The molecule has 1 aliphatic heterocycles. The normalized spacial score (nSPS) is 22.2. The molecule has 1 atom stereocenters. The minimum atomic E-state index is -0.228. The zero-order valence-electron chi connectivity index (χ0n) is 16.2. The molecule has 1 aromatic carbocycles. The molecule has 0 radical (unpaired) electrons. The topological polar surface area (TPSA) is 70.7 Å². The number of guanidine groups is 1. The molecule has 2 fully saturated rings. The molecule has 0 bridgehead atoms. The Morgan fingerprint density at radius 3 is 2.67 bits per heavy atom. The minimum Gasteiger partial charge on any atom is -0.370 e. The van der Waals surface area contributed by atoms with Gasteiger partial charge in [-0.3, -0.25) is 9.79 Å². The zero-order chi connectivity index (χ0) is 19.3. The number of hydrogen-bond acceptors (Lipinski definition) is 2. The Morgan fingerprint density at radius 1 is 1.33 bits per heavy atom. The van der Waals surface area contributed by atoms with Crippen molar-refractivity contribution in [1.82, 2.24) is 10.2 Å². The van der Waals surface area contributed by atoms with Crippen LogP contribution < -0.4 is 11.1 Å². The van der Waals surface area contributed by atoms with Crippen molar-refractivity contribution in [1.29, 1.82) is 0 Å². The Labute approximate surface area is 161 Å². The maximum Gasteiger partial charge on any atom is 0.217 e. The Kier molecular flexibility index (Phi) is 6.34. The number of aliphatic imine (C=N–C) groups is 1. The fourth-order valence-corrected chi connectivity index (χ4v) is 4.31. The summed E-state index contributed by atoms with van der Waals surface area (Å²) in [7, 11) is 0. The molecule has 5 nitrogen and oxygen atoms in total. The lowest BCUT2D eigenvalue weighted by atomic mass is 9.64. The molecule has 3 N–H and O–H groups in total. The predicted molar refractivity (Wildman–Crippen MR) is 106 cm³/mol. The number of primary amides is 1. The Balaban J connectivity index is 1.72. The molecule has 0 spiro atoms. The van der Waals surface area contributed by atoms with E-state index < -0.39 is 0 Å². The van der Waals surface area contributed by atoms with E-state index in [1.807, 2.05) is 12.1 Å². The molecule has 1 unspecified atom stereocenters. The Bertz CT molecular complexity index is 669. The van der Waals surface area contributed by atoms with Crippen molar-refractivity contribution in [3.8, 4) is 0 Å². The lowest BCUT2D eigenvalue weighted by Crippen LogP contribution is -2.48. The van der Waals surface area contributed by atoms with Crippen molar-refractivity contribution in [2.24, 2.45) is 16.6 Å². The van der Waals surface area contributed by atoms with Gasteiger partial charge in [0.1, 0.15) is 5.82 Å². The summed E-state index contributed by atoms with van der Waals surface area (Å²) < 4.78 is 13.3. The molecular weight excluding hydrogens is 343 g/mol. The minimum absolute atomic E-state index is 0.0246. The monoisotopic (exact) mass is 374 g/mol. The molecule has 1 aromatic rings. The number of rotatable bonds is 6. The number of likely N-dealkylation sites (tertiary alicyclic amines) is 1. The fraction of sp³-hybridized carbons (Fsp3) is 0.619. The average Bonchev–Trinajstić information content (AvgIpc) is 2.61. The van der Waals surface area contributed by atoms with Crippen LogP contribution in [0.2, 0.25) is 0 Å². The molecule has 148 valence electrons. The summed E-state index contributed by atoms with van der Waals surface area (Å²) in [6.45, 7) is 5.35. The maximum absolute atomic E-state index is 13.3. The largest absolute Gasteiger partial charge is 0.370 e. The number of carbonyl (C=O) groups excluding carboxylic acids is 1. The first kappa shape index (κ1) is 19.6. The second kappa shape index (κ2) is 8.72. The third kappa shape index (κ3) is 4.79. The van der Waals surface area contributed by atoms with E-state index in [1.165, 1.54) is 12.0 Å². The number of piperidine rings is 1. The number of halogens is 1. The SMILES string of the molecule is CCNC(=NCC1(c2ccc(F)cc2)CCC1)N1CCCC(CC(N)=O)C1. The third-order valence-electron chi connectivity index (χ3n) is 5.94. The lowest BCUT2D eigenvalue weighted by Gasteiger charge is -2.42. The number of amides is 1. The molecule has 1 heterocycles. The molecule has 27 heavy (non-hydrogen) atoms. The number of benzene rings is 1. The summed E-state index contributed by atoms with van der Waals surface area (Å²) in [5.41, 5.74) is 6.60. The number of carbonyl (C=O) groups is 1. The van der Waals surface area contributed by atoms with Crippen molar-refractivity contribution < 1.29 is 9.18 Å². The smallest absolute Gasteiger partial charge is 0.217 e. The van der Waals surface area contributed by atoms with E-state index in [9.17, 15) is 9.18 Å². The van der Waals surface area contributed by atoms with E-state index in [2.05, 4.69) is 17.1 Å². The van der Waals surface area contributed by atoms with Crippen LogP contribution in [0.5, 0.6) is 0 Å². The number of nitrogens with one attached hydrogen (secondary N) is 1. The molecule has 1 saturated heterocycles. The highest BCUT2D eigenvalue weighted by Crippen LogP contribution is 2.44. The first-order chi connectivity index (χ1) is 13.0. The summed E-state index contributed by atoms with van der Waals surface area (Å²) >= 11 is 0. The Morgan fingerprint density at radius 2 is 2.07 bits per heavy atom. The standard InChI is InChI=1S/C21H31FN4O/c1-2-24-20(26-12-3-5-16(14-26)13-19(23)27)25-15-21(10-4-11-21)17-6-8-18(22)9-7-17/h6-9,16H,2-5,10-15H2,1H3,(H2,23,27)(H,24,25). The summed E-state index contributed by atoms with van der Waals surface area (Å²) in [4.78, 5) is 18.5. The van der Waals surface area contributed by atoms with Crippen molar-refractivity contribution in [2.75, 3.05) is 26.2 Å². The van der Waals surface area contributed by atoms with Crippen LogP contribution in [0.3, 0.4) is 0 Å². The highest BCUT2D eigenvalue weighted by atomic mass is 19.1. The molecule has 2 aliphatic rings. The average molecular weight is 375 g/mol. The summed E-state index contributed by atoms with van der Waals surface area (Å²) in [5.74, 6) is 0.794. The molecule has 3 rings (SSSR count). The van der Waals surface area contributed by atoms with Crippen LogP contribution in [0.4, 0.5) is 4.39 Å². The number of hydrogen-bond donors (Lipinski definition) is 2. The van der Waals surface area contributed by atoms with Crippen LogP contribution in [0, 0.1) is 11.7 Å². The van der Waals surface area contributed by atoms with Crippen LogP contribution in [0.15, 0.2) is 29.3 Å². The van der Waals surface area contributed by atoms with Crippen LogP contribution in [-0.2, 0) is 10.2 Å². The van der Waals surface area contributed by atoms with Gasteiger partial charge in [-0.25, -0.2) is 4.39 Å². The maximum atomic E-state index is 13.3. The molecular formula is C21H31FN4O. The van der Waals surface area contributed by atoms with Gasteiger partial charge in [-0.2, -0.15) is 0 Å². The van der Waals surface area contributed by atoms with Crippen LogP contribution in [-0.4, -0.2) is 42.9 Å². The number of nitrogens with zero attached hydrogens (tertiary/aromatic N) is 2. The quantitative estimate of drug-likeness (QED) is 0.594. The third-order valence-corrected chi connectivity index (χ3v) is 5.94. The van der Waals surface area contributed by atoms with Gasteiger partial charge in [-0.1, -0.05) is 18.6 Å². The lowest BCUT2D eigenvalue weighted by molar-refractivity contribution is -0.119. The molecule has 1 amide bonds. The van der Waals surface area contributed by atoms with E-state index >= 15 is 0 Å². The predicted octanol–water partition coefficient (Wildman–Crippen LogP) is 2.80. The van der Waals surface area contributed by atoms with Gasteiger partial charge in [0.2, 0.25) is 5.91 Å². The van der Waals surface area contributed by atoms with Gasteiger partial charge >= 0.3 is 0 Å². The van der Waals surface area contributed by atoms with Crippen LogP contribution in [0.1, 0.15) is 51.0 Å². The van der Waals surface area contributed by atoms with Crippen molar-refractivity contribution in [3.63, 3.8) is 0 Å². The zero-order valence-corrected chi connectivity index (χ0v) is 16.2. The van der Waals surface area contributed by atoms with Gasteiger partial charge < -0.3 is 16.0 Å². The highest BCUT2D eigenvalue weighted by Gasteiger charge is 2.38. The highest BCUT2D eigenvalue weighted by molar-refractivity contribution is 5.80. The van der Waals surface area contributed by atoms with Gasteiger partial charge in [0.15, 0.2) is 5.96 Å². The van der Waals surface area contributed by atoms with Gasteiger partial charge in [-0.15, -0.1) is 0 Å². The van der Waals surface area contributed by atoms with Gasteiger partial charge in [0, 0.05) is 31.5 Å². The van der Waals surface area contributed by atoms with Crippen LogP contribution >= 0.6 is 0 Å². The van der Waals surface area contributed by atoms with Gasteiger partial charge in [-0.05, 0) is 56.2 Å². The van der Waals surface area contributed by atoms with Crippen LogP contribution in [0.25, 0.3) is 0 Å². The second-order valence-corrected chi connectivity index (χ2v) is 7.94. The summed E-state index contributed by atoms with van der Waals surface area (Å²) in [6, 6.07) is 6.90. The van der Waals surface area contributed by atoms with Crippen molar-refractivity contribution >= 4 is 11.9 Å². The first-order valence-electron chi connectivity index (χ1n) is 10.1. The Hall–Kier alpha value is -2.11. The summed E-state index contributed by atoms with van der Waals surface area (Å²) in [5, 5.41) is 3.41. The number of nitrogens with two attached hydrogens (primary N) is 1. The first-order valence-corrected chi connectivity index (χ1v) is 10.1. The van der Waals surface area contributed by atoms with Crippen molar-refractivity contribution in [3.05, 3.63) is 35.6 Å². The summed E-state index contributed by atoms with van der Waals surface area (Å²) in [6.07, 6.45) is 5.89. The van der Waals surface area contributed by atoms with E-state index in [-0.39, 0.29) is 17.1 Å². The van der Waals surface area contributed by atoms with Crippen molar-refractivity contribution in [2.45, 2.75) is 50.9 Å².